The molecule has 0 amide bonds. The number of aliphatic hydroxyl groups is 1. The molecule has 0 bridgehead atoms. The molecule has 0 aromatic heterocycles. The average Bonchev–Trinajstić information content (AvgIpc) is 2.24. The lowest BCUT2D eigenvalue weighted by Gasteiger charge is -2.01. The van der Waals surface area contributed by atoms with Gasteiger partial charge in [-0.15, -0.1) is 0 Å². The second-order valence-corrected chi connectivity index (χ2v) is 5.35. The summed E-state index contributed by atoms with van der Waals surface area (Å²) in [4.78, 5) is 10.0. The minimum Gasteiger partial charge on any atom is -0.392 e. The van der Waals surface area contributed by atoms with Crippen molar-refractivity contribution in [2.45, 2.75) is 4.90 Å². The topological polar surface area (TPSA) is 97.5 Å². The van der Waals surface area contributed by atoms with E-state index in [0.717, 1.165) is 12.3 Å². The quantitative estimate of drug-likeness (QED) is 0.641. The smallest absolute Gasteiger partial charge is 0.277 e. The molecule has 1 N–H and O–H groups in total. The highest BCUT2D eigenvalue weighted by Gasteiger charge is 2.16. The van der Waals surface area contributed by atoms with Gasteiger partial charge in [-0.3, -0.25) is 10.1 Å². The molecular formula is C10H11NO5S. The maximum absolute atomic E-state index is 11.3. The van der Waals surface area contributed by atoms with Crippen molar-refractivity contribution in [2.24, 2.45) is 0 Å². The Kier molecular flexibility index (Phi) is 3.97. The van der Waals surface area contributed by atoms with E-state index < -0.39 is 14.8 Å². The molecule has 17 heavy (non-hydrogen) atoms. The second kappa shape index (κ2) is 5.07. The van der Waals surface area contributed by atoms with Crippen LogP contribution < -0.4 is 0 Å². The number of sulfone groups is 1. The normalized spacial score (nSPS) is 11.9. The summed E-state index contributed by atoms with van der Waals surface area (Å²) in [6, 6.07) is 3.63. The summed E-state index contributed by atoms with van der Waals surface area (Å²) in [6.07, 6.45) is 3.68. The van der Waals surface area contributed by atoms with Crippen molar-refractivity contribution >= 4 is 21.6 Å². The highest BCUT2D eigenvalue weighted by molar-refractivity contribution is 7.90. The highest BCUT2D eigenvalue weighted by atomic mass is 32.2. The van der Waals surface area contributed by atoms with Gasteiger partial charge in [-0.05, 0) is 18.2 Å². The van der Waals surface area contributed by atoms with Crippen LogP contribution in [0.2, 0.25) is 0 Å². The predicted octanol–water partition coefficient (Wildman–Crippen LogP) is 1.00. The molecule has 0 unspecified atom stereocenters. The molecule has 0 aliphatic heterocycles. The molecule has 92 valence electrons. The second-order valence-electron chi connectivity index (χ2n) is 3.33. The molecule has 0 saturated carbocycles. The molecule has 0 saturated heterocycles. The van der Waals surface area contributed by atoms with E-state index in [4.69, 9.17) is 5.11 Å². The van der Waals surface area contributed by atoms with Crippen molar-refractivity contribution in [3.8, 4) is 0 Å². The van der Waals surface area contributed by atoms with Crippen LogP contribution >= 0.6 is 0 Å². The molecular weight excluding hydrogens is 246 g/mol. The van der Waals surface area contributed by atoms with E-state index in [2.05, 4.69) is 0 Å². The van der Waals surface area contributed by atoms with Crippen molar-refractivity contribution in [1.82, 2.24) is 0 Å². The fraction of sp³-hybridized carbons (Fsp3) is 0.200. The van der Waals surface area contributed by atoms with Gasteiger partial charge in [0, 0.05) is 12.3 Å². The summed E-state index contributed by atoms with van der Waals surface area (Å²) in [7, 11) is -3.47. The van der Waals surface area contributed by atoms with Gasteiger partial charge in [0.1, 0.15) is 0 Å². The van der Waals surface area contributed by atoms with E-state index in [-0.39, 0.29) is 22.8 Å². The van der Waals surface area contributed by atoms with E-state index in [0.29, 0.717) is 0 Å². The highest BCUT2D eigenvalue weighted by Crippen LogP contribution is 2.24. The Labute approximate surface area is 98.3 Å². The van der Waals surface area contributed by atoms with E-state index in [1.807, 2.05) is 0 Å². The van der Waals surface area contributed by atoms with Crippen molar-refractivity contribution in [3.05, 3.63) is 40.0 Å². The molecule has 0 radical (unpaired) electrons. The fourth-order valence-electron chi connectivity index (χ4n) is 1.23. The van der Waals surface area contributed by atoms with Gasteiger partial charge in [0.2, 0.25) is 0 Å². The Morgan fingerprint density at radius 1 is 1.47 bits per heavy atom. The first kappa shape index (κ1) is 13.3. The van der Waals surface area contributed by atoms with Crippen LogP contribution in [0, 0.1) is 10.1 Å². The maximum atomic E-state index is 11.3. The summed E-state index contributed by atoms with van der Waals surface area (Å²) in [5, 5.41) is 19.4. The van der Waals surface area contributed by atoms with E-state index in [1.54, 1.807) is 0 Å². The number of hydrogen-bond donors (Lipinski definition) is 1. The van der Waals surface area contributed by atoms with Gasteiger partial charge >= 0.3 is 0 Å². The maximum Gasteiger partial charge on any atom is 0.277 e. The zero-order chi connectivity index (χ0) is 13.1. The molecule has 0 spiro atoms. The van der Waals surface area contributed by atoms with Crippen LogP contribution in [0.5, 0.6) is 0 Å². The fourth-order valence-corrected chi connectivity index (χ4v) is 1.87. The average molecular weight is 257 g/mol. The predicted molar refractivity (Wildman–Crippen MR) is 62.3 cm³/mol. The molecule has 0 aliphatic carbocycles. The van der Waals surface area contributed by atoms with Crippen molar-refractivity contribution in [2.75, 3.05) is 12.9 Å². The Hall–Kier alpha value is -1.73. The van der Waals surface area contributed by atoms with Gasteiger partial charge in [-0.2, -0.15) is 0 Å². The minimum atomic E-state index is -3.47. The van der Waals surface area contributed by atoms with Crippen molar-refractivity contribution in [1.29, 1.82) is 0 Å². The summed E-state index contributed by atoms with van der Waals surface area (Å²) in [6.45, 7) is -0.245. The number of rotatable bonds is 4. The number of nitrogens with zero attached hydrogens (tertiary/aromatic N) is 1. The van der Waals surface area contributed by atoms with Crippen LogP contribution in [-0.4, -0.2) is 31.3 Å². The van der Waals surface area contributed by atoms with Crippen LogP contribution in [0.1, 0.15) is 5.56 Å². The Bertz CT molecular complexity index is 562. The van der Waals surface area contributed by atoms with E-state index in [9.17, 15) is 18.5 Å². The number of hydrogen-bond acceptors (Lipinski definition) is 5. The first-order valence-corrected chi connectivity index (χ1v) is 6.51. The van der Waals surface area contributed by atoms with Crippen molar-refractivity contribution in [3.63, 3.8) is 0 Å². The summed E-state index contributed by atoms with van der Waals surface area (Å²) in [5.74, 6) is 0. The van der Waals surface area contributed by atoms with Crippen molar-refractivity contribution < 1.29 is 18.4 Å². The number of nitro benzene ring substituents is 1. The monoisotopic (exact) mass is 257 g/mol. The standard InChI is InChI=1S/C10H11NO5S/c1-17(15,16)9-5-4-8(3-2-6-12)10(7-9)11(13)14/h2-5,7,12H,6H2,1H3. The third kappa shape index (κ3) is 3.36. The lowest BCUT2D eigenvalue weighted by molar-refractivity contribution is -0.385. The molecule has 0 heterocycles. The van der Waals surface area contributed by atoms with Gasteiger partial charge in [0.15, 0.2) is 9.84 Å². The molecule has 7 heteroatoms. The molecule has 1 aromatic rings. The Morgan fingerprint density at radius 2 is 2.12 bits per heavy atom. The Morgan fingerprint density at radius 3 is 2.59 bits per heavy atom. The zero-order valence-electron chi connectivity index (χ0n) is 9.03. The molecule has 0 aliphatic rings. The number of aliphatic hydroxyl groups excluding tert-OH is 1. The minimum absolute atomic E-state index is 0.106. The van der Waals surface area contributed by atoms with Gasteiger partial charge in [-0.1, -0.05) is 6.08 Å². The lowest BCUT2D eigenvalue weighted by Crippen LogP contribution is -2.00. The lowest BCUT2D eigenvalue weighted by atomic mass is 10.1. The number of nitro groups is 1. The SMILES string of the molecule is CS(=O)(=O)c1ccc(C=CCO)c([N+](=O)[O-])c1. The zero-order valence-corrected chi connectivity index (χ0v) is 9.85. The van der Waals surface area contributed by atoms with Gasteiger partial charge in [-0.25, -0.2) is 8.42 Å². The molecule has 1 rings (SSSR count). The molecule has 0 atom stereocenters. The van der Waals surface area contributed by atoms with Gasteiger partial charge in [0.05, 0.1) is 22.0 Å². The van der Waals surface area contributed by atoms with Crippen LogP contribution in [0.3, 0.4) is 0 Å². The molecule has 0 fully saturated rings. The summed E-state index contributed by atoms with van der Waals surface area (Å²) < 4.78 is 22.5. The van der Waals surface area contributed by atoms with Gasteiger partial charge in [0.25, 0.3) is 5.69 Å². The van der Waals surface area contributed by atoms with E-state index >= 15 is 0 Å². The van der Waals surface area contributed by atoms with Crippen LogP contribution in [-0.2, 0) is 9.84 Å². The summed E-state index contributed by atoms with van der Waals surface area (Å²) in [5.41, 5.74) is -0.0610. The first-order valence-electron chi connectivity index (χ1n) is 4.62. The molecule has 1 aromatic carbocycles. The number of benzene rings is 1. The third-order valence-corrected chi connectivity index (χ3v) is 3.14. The van der Waals surface area contributed by atoms with Crippen LogP contribution in [0.25, 0.3) is 6.08 Å². The largest absolute Gasteiger partial charge is 0.392 e. The third-order valence-electron chi connectivity index (χ3n) is 2.03. The first-order chi connectivity index (χ1) is 7.86. The van der Waals surface area contributed by atoms with Crippen LogP contribution in [0.4, 0.5) is 5.69 Å². The molecule has 6 nitrogen and oxygen atoms in total. The van der Waals surface area contributed by atoms with Crippen LogP contribution in [0.15, 0.2) is 29.2 Å². The summed E-state index contributed by atoms with van der Waals surface area (Å²) >= 11 is 0. The Balaban J connectivity index is 3.37. The van der Waals surface area contributed by atoms with Gasteiger partial charge < -0.3 is 5.11 Å². The van der Waals surface area contributed by atoms with E-state index in [1.165, 1.54) is 24.3 Å².